The molecule has 1 aliphatic heterocycles. The van der Waals surface area contributed by atoms with E-state index < -0.39 is 0 Å². The monoisotopic (exact) mass is 457 g/mol. The van der Waals surface area contributed by atoms with Gasteiger partial charge in [0.05, 0.1) is 0 Å². The topological polar surface area (TPSA) is 61.4 Å². The number of amides is 2. The first-order valence-corrected chi connectivity index (χ1v) is 12.1. The van der Waals surface area contributed by atoms with Crippen molar-refractivity contribution in [3.8, 4) is 11.4 Å². The molecular weight excluding hydrogens is 422 g/mol. The van der Waals surface area contributed by atoms with Crippen molar-refractivity contribution in [2.75, 3.05) is 36.4 Å². The quantitative estimate of drug-likeness (QED) is 0.533. The Balaban J connectivity index is 1.53. The number of aromatic nitrogens is 2. The maximum absolute atomic E-state index is 12.9. The van der Waals surface area contributed by atoms with Gasteiger partial charge in [-0.15, -0.1) is 0 Å². The third kappa shape index (κ3) is 5.06. The molecule has 1 aliphatic rings. The van der Waals surface area contributed by atoms with Crippen molar-refractivity contribution < 1.29 is 4.79 Å². The fourth-order valence-corrected chi connectivity index (χ4v) is 4.67. The summed E-state index contributed by atoms with van der Waals surface area (Å²) >= 11 is 0. The SMILES string of the molecule is Cc1cccc(-c2nc(C)c(C(C)C)c(N3CCN(C(=O)Nc4ccc(C)cc4C)CC3)n2)c1. The number of carbonyl (C=O) groups excluding carboxylic acids is 1. The highest BCUT2D eigenvalue weighted by atomic mass is 16.2. The minimum absolute atomic E-state index is 0.0463. The molecule has 6 nitrogen and oxygen atoms in total. The number of hydrogen-bond donors (Lipinski definition) is 1. The van der Waals surface area contributed by atoms with Gasteiger partial charge in [-0.25, -0.2) is 14.8 Å². The van der Waals surface area contributed by atoms with Gasteiger partial charge in [0.25, 0.3) is 0 Å². The van der Waals surface area contributed by atoms with Gasteiger partial charge in [-0.3, -0.25) is 0 Å². The second-order valence-corrected chi connectivity index (χ2v) is 9.62. The lowest BCUT2D eigenvalue weighted by molar-refractivity contribution is 0.208. The van der Waals surface area contributed by atoms with Crippen LogP contribution in [0.4, 0.5) is 16.3 Å². The zero-order valence-corrected chi connectivity index (χ0v) is 21.1. The van der Waals surface area contributed by atoms with Crippen LogP contribution in [0.5, 0.6) is 0 Å². The van der Waals surface area contributed by atoms with Crippen molar-refractivity contribution in [2.24, 2.45) is 0 Å². The Bertz CT molecular complexity index is 1200. The summed E-state index contributed by atoms with van der Waals surface area (Å²) in [5.41, 5.74) is 7.57. The highest BCUT2D eigenvalue weighted by Gasteiger charge is 2.26. The van der Waals surface area contributed by atoms with E-state index in [9.17, 15) is 4.79 Å². The first-order valence-electron chi connectivity index (χ1n) is 12.1. The van der Waals surface area contributed by atoms with Gasteiger partial charge in [0.15, 0.2) is 5.82 Å². The van der Waals surface area contributed by atoms with Crippen LogP contribution in [0.3, 0.4) is 0 Å². The van der Waals surface area contributed by atoms with Gasteiger partial charge in [0.1, 0.15) is 5.82 Å². The fourth-order valence-electron chi connectivity index (χ4n) is 4.67. The second kappa shape index (κ2) is 9.84. The van der Waals surface area contributed by atoms with E-state index in [4.69, 9.17) is 9.97 Å². The molecule has 1 saturated heterocycles. The zero-order valence-electron chi connectivity index (χ0n) is 21.1. The Kier molecular flexibility index (Phi) is 6.87. The van der Waals surface area contributed by atoms with Gasteiger partial charge in [-0.05, 0) is 51.3 Å². The van der Waals surface area contributed by atoms with Gasteiger partial charge >= 0.3 is 6.03 Å². The zero-order chi connectivity index (χ0) is 24.4. The third-order valence-corrected chi connectivity index (χ3v) is 6.46. The van der Waals surface area contributed by atoms with Crippen LogP contribution in [0.25, 0.3) is 11.4 Å². The molecule has 0 saturated carbocycles. The van der Waals surface area contributed by atoms with Gasteiger partial charge in [-0.1, -0.05) is 55.3 Å². The lowest BCUT2D eigenvalue weighted by Gasteiger charge is -2.37. The van der Waals surface area contributed by atoms with Crippen molar-refractivity contribution in [2.45, 2.75) is 47.5 Å². The smallest absolute Gasteiger partial charge is 0.321 e. The molecule has 0 spiro atoms. The van der Waals surface area contributed by atoms with E-state index in [1.807, 2.05) is 30.0 Å². The maximum atomic E-state index is 12.9. The molecule has 1 fully saturated rings. The molecule has 1 aromatic heterocycles. The van der Waals surface area contributed by atoms with Crippen molar-refractivity contribution in [1.29, 1.82) is 0 Å². The van der Waals surface area contributed by atoms with E-state index in [0.29, 0.717) is 19.0 Å². The van der Waals surface area contributed by atoms with E-state index in [0.717, 1.165) is 47.2 Å². The number of urea groups is 1. The summed E-state index contributed by atoms with van der Waals surface area (Å²) in [7, 11) is 0. The van der Waals surface area contributed by atoms with Crippen LogP contribution < -0.4 is 10.2 Å². The standard InChI is InChI=1S/C28H35N5O/c1-18(2)25-22(6)29-26(23-9-7-8-19(3)17-23)31-27(25)32-12-14-33(15-13-32)28(34)30-24-11-10-20(4)16-21(24)5/h7-11,16-18H,12-15H2,1-6H3,(H,30,34). The van der Waals surface area contributed by atoms with Crippen LogP contribution >= 0.6 is 0 Å². The van der Waals surface area contributed by atoms with Crippen LogP contribution in [0, 0.1) is 27.7 Å². The summed E-state index contributed by atoms with van der Waals surface area (Å²) < 4.78 is 0. The van der Waals surface area contributed by atoms with E-state index in [1.54, 1.807) is 0 Å². The largest absolute Gasteiger partial charge is 0.353 e. The number of anilines is 2. The van der Waals surface area contributed by atoms with Crippen molar-refractivity contribution in [3.63, 3.8) is 0 Å². The molecule has 0 aliphatic carbocycles. The molecule has 2 heterocycles. The van der Waals surface area contributed by atoms with Crippen LogP contribution in [0.15, 0.2) is 42.5 Å². The van der Waals surface area contributed by atoms with Crippen LogP contribution in [-0.4, -0.2) is 47.1 Å². The van der Waals surface area contributed by atoms with Gasteiger partial charge in [-0.2, -0.15) is 0 Å². The highest BCUT2D eigenvalue weighted by molar-refractivity contribution is 5.90. The Hall–Kier alpha value is -3.41. The molecule has 34 heavy (non-hydrogen) atoms. The predicted octanol–water partition coefficient (Wildman–Crippen LogP) is 5.85. The van der Waals surface area contributed by atoms with Crippen molar-refractivity contribution in [1.82, 2.24) is 14.9 Å². The molecule has 6 heteroatoms. The number of carbonyl (C=O) groups is 1. The molecular formula is C28H35N5O. The Morgan fingerprint density at radius 1 is 0.912 bits per heavy atom. The van der Waals surface area contributed by atoms with E-state index in [1.165, 1.54) is 16.7 Å². The summed E-state index contributed by atoms with van der Waals surface area (Å²) in [5, 5.41) is 3.08. The lowest BCUT2D eigenvalue weighted by Crippen LogP contribution is -2.50. The summed E-state index contributed by atoms with van der Waals surface area (Å²) in [4.78, 5) is 27.0. The normalized spacial score (nSPS) is 14.0. The maximum Gasteiger partial charge on any atom is 0.321 e. The molecule has 0 unspecified atom stereocenters. The second-order valence-electron chi connectivity index (χ2n) is 9.62. The van der Waals surface area contributed by atoms with Crippen molar-refractivity contribution in [3.05, 3.63) is 70.4 Å². The lowest BCUT2D eigenvalue weighted by atomic mass is 10.0. The van der Waals surface area contributed by atoms with E-state index in [-0.39, 0.29) is 6.03 Å². The average Bonchev–Trinajstić information content (AvgIpc) is 2.80. The van der Waals surface area contributed by atoms with Crippen LogP contribution in [-0.2, 0) is 0 Å². The number of piperazine rings is 1. The van der Waals surface area contributed by atoms with Gasteiger partial charge in [0, 0.05) is 48.7 Å². The number of nitrogens with one attached hydrogen (secondary N) is 1. The van der Waals surface area contributed by atoms with Crippen LogP contribution in [0.2, 0.25) is 0 Å². The first-order chi connectivity index (χ1) is 16.2. The predicted molar refractivity (Wildman–Crippen MR) is 140 cm³/mol. The molecule has 2 aromatic carbocycles. The first kappa shape index (κ1) is 23.7. The summed E-state index contributed by atoms with van der Waals surface area (Å²) in [6.07, 6.45) is 0. The minimum Gasteiger partial charge on any atom is -0.353 e. The van der Waals surface area contributed by atoms with E-state index >= 15 is 0 Å². The summed E-state index contributed by atoms with van der Waals surface area (Å²) in [5.74, 6) is 2.07. The molecule has 1 N–H and O–H groups in total. The molecule has 0 radical (unpaired) electrons. The molecule has 0 atom stereocenters. The Morgan fingerprint density at radius 2 is 1.62 bits per heavy atom. The average molecular weight is 458 g/mol. The molecule has 4 rings (SSSR count). The fraction of sp³-hybridized carbons (Fsp3) is 0.393. The minimum atomic E-state index is -0.0463. The molecule has 0 bridgehead atoms. The Morgan fingerprint density at radius 3 is 2.26 bits per heavy atom. The summed E-state index contributed by atoms with van der Waals surface area (Å²) in [6.45, 7) is 15.4. The van der Waals surface area contributed by atoms with Crippen LogP contribution in [0.1, 0.15) is 47.7 Å². The Labute approximate surface area is 203 Å². The highest BCUT2D eigenvalue weighted by Crippen LogP contribution is 2.31. The van der Waals surface area contributed by atoms with Gasteiger partial charge in [0.2, 0.25) is 0 Å². The molecule has 178 valence electrons. The number of nitrogens with zero attached hydrogens (tertiary/aromatic N) is 4. The number of rotatable bonds is 4. The summed E-state index contributed by atoms with van der Waals surface area (Å²) in [6, 6.07) is 14.4. The number of aryl methyl sites for hydroxylation is 4. The van der Waals surface area contributed by atoms with Gasteiger partial charge < -0.3 is 15.1 Å². The molecule has 3 aromatic rings. The number of benzene rings is 2. The van der Waals surface area contributed by atoms with Crippen molar-refractivity contribution >= 4 is 17.5 Å². The third-order valence-electron chi connectivity index (χ3n) is 6.46. The number of hydrogen-bond acceptors (Lipinski definition) is 4. The molecule has 2 amide bonds. The van der Waals surface area contributed by atoms with E-state index in [2.05, 4.69) is 69.1 Å².